The number of rotatable bonds is 4. The number of hydrogen-bond donors (Lipinski definition) is 2. The van der Waals surface area contributed by atoms with E-state index in [4.69, 9.17) is 12.2 Å². The first kappa shape index (κ1) is 15.2. The molecule has 2 atom stereocenters. The van der Waals surface area contributed by atoms with Gasteiger partial charge in [0.1, 0.15) is 5.82 Å². The molecule has 0 bridgehead atoms. The van der Waals surface area contributed by atoms with Gasteiger partial charge in [-0.05, 0) is 55.1 Å². The molecule has 1 aromatic carbocycles. The van der Waals surface area contributed by atoms with Gasteiger partial charge in [-0.3, -0.25) is 0 Å². The second-order valence-electron chi connectivity index (χ2n) is 5.64. The zero-order valence-corrected chi connectivity index (χ0v) is 12.8. The van der Waals surface area contributed by atoms with Crippen LogP contribution in [0.5, 0.6) is 0 Å². The maximum atomic E-state index is 12.8. The van der Waals surface area contributed by atoms with Gasteiger partial charge < -0.3 is 10.6 Å². The van der Waals surface area contributed by atoms with Gasteiger partial charge in [-0.25, -0.2) is 4.39 Å². The average Bonchev–Trinajstić information content (AvgIpc) is 2.44. The van der Waals surface area contributed by atoms with Crippen molar-refractivity contribution in [3.8, 4) is 0 Å². The highest BCUT2D eigenvalue weighted by atomic mass is 32.1. The number of nitrogens with one attached hydrogen (secondary N) is 2. The molecule has 0 radical (unpaired) electrons. The highest BCUT2D eigenvalue weighted by Gasteiger charge is 2.21. The first-order valence-corrected chi connectivity index (χ1v) is 7.85. The molecule has 20 heavy (non-hydrogen) atoms. The van der Waals surface area contributed by atoms with Gasteiger partial charge in [0.05, 0.1) is 0 Å². The highest BCUT2D eigenvalue weighted by Crippen LogP contribution is 2.23. The van der Waals surface area contributed by atoms with E-state index in [1.807, 2.05) is 12.1 Å². The van der Waals surface area contributed by atoms with E-state index in [1.54, 1.807) is 0 Å². The summed E-state index contributed by atoms with van der Waals surface area (Å²) in [6, 6.07) is 7.13. The fraction of sp³-hybridized carbons (Fsp3) is 0.562. The van der Waals surface area contributed by atoms with Gasteiger partial charge in [0.2, 0.25) is 0 Å². The highest BCUT2D eigenvalue weighted by molar-refractivity contribution is 7.80. The lowest BCUT2D eigenvalue weighted by atomic mass is 9.86. The van der Waals surface area contributed by atoms with Crippen molar-refractivity contribution in [3.63, 3.8) is 0 Å². The molecule has 2 nitrogen and oxygen atoms in total. The molecule has 1 aliphatic rings. The molecule has 0 heterocycles. The molecule has 0 aliphatic heterocycles. The molecule has 2 rings (SSSR count). The summed E-state index contributed by atoms with van der Waals surface area (Å²) in [7, 11) is 0. The van der Waals surface area contributed by atoms with Gasteiger partial charge in [0.15, 0.2) is 5.11 Å². The van der Waals surface area contributed by atoms with Crippen LogP contribution in [0.3, 0.4) is 0 Å². The first-order chi connectivity index (χ1) is 9.65. The Labute approximate surface area is 126 Å². The van der Waals surface area contributed by atoms with E-state index in [0.717, 1.165) is 23.6 Å². The second-order valence-corrected chi connectivity index (χ2v) is 6.05. The summed E-state index contributed by atoms with van der Waals surface area (Å²) in [5.41, 5.74) is 1.12. The van der Waals surface area contributed by atoms with Crippen LogP contribution in [0.4, 0.5) is 4.39 Å². The second kappa shape index (κ2) is 7.58. The molecular weight excluding hydrogens is 271 g/mol. The van der Waals surface area contributed by atoms with E-state index >= 15 is 0 Å². The standard InChI is InChI=1S/C16H23FN2S/c1-12-4-2-3-5-15(12)19-16(20)18-11-10-13-6-8-14(17)9-7-13/h6-9,12,15H,2-5,10-11H2,1H3,(H2,18,19,20)/t12-,15-/m1/s1. The summed E-state index contributed by atoms with van der Waals surface area (Å²) >= 11 is 5.34. The third kappa shape index (κ3) is 4.75. The van der Waals surface area contributed by atoms with E-state index in [0.29, 0.717) is 12.0 Å². The average molecular weight is 294 g/mol. The molecule has 0 spiro atoms. The van der Waals surface area contributed by atoms with Crippen molar-refractivity contribution in [3.05, 3.63) is 35.6 Å². The Morgan fingerprint density at radius 1 is 1.25 bits per heavy atom. The first-order valence-electron chi connectivity index (χ1n) is 7.44. The lowest BCUT2D eigenvalue weighted by molar-refractivity contribution is 0.308. The van der Waals surface area contributed by atoms with E-state index in [9.17, 15) is 4.39 Å². The van der Waals surface area contributed by atoms with E-state index in [1.165, 1.54) is 37.8 Å². The number of halogens is 1. The van der Waals surface area contributed by atoms with E-state index < -0.39 is 0 Å². The topological polar surface area (TPSA) is 24.1 Å². The largest absolute Gasteiger partial charge is 0.362 e. The monoisotopic (exact) mass is 294 g/mol. The predicted molar refractivity (Wildman–Crippen MR) is 85.3 cm³/mol. The van der Waals surface area contributed by atoms with Crippen molar-refractivity contribution in [1.29, 1.82) is 0 Å². The van der Waals surface area contributed by atoms with Crippen LogP contribution in [0.2, 0.25) is 0 Å². The Bertz CT molecular complexity index is 433. The lowest BCUT2D eigenvalue weighted by Crippen LogP contribution is -2.46. The molecule has 4 heteroatoms. The van der Waals surface area contributed by atoms with Crippen LogP contribution in [-0.4, -0.2) is 17.7 Å². The van der Waals surface area contributed by atoms with Crippen LogP contribution in [0.25, 0.3) is 0 Å². The van der Waals surface area contributed by atoms with Gasteiger partial charge in [-0.2, -0.15) is 0 Å². The fourth-order valence-electron chi connectivity index (χ4n) is 2.72. The van der Waals surface area contributed by atoms with Crippen molar-refractivity contribution in [2.45, 2.75) is 45.1 Å². The maximum Gasteiger partial charge on any atom is 0.166 e. The minimum Gasteiger partial charge on any atom is -0.362 e. The molecule has 1 saturated carbocycles. The molecule has 110 valence electrons. The van der Waals surface area contributed by atoms with E-state index in [2.05, 4.69) is 17.6 Å². The molecule has 0 unspecified atom stereocenters. The predicted octanol–water partition coefficient (Wildman–Crippen LogP) is 3.41. The molecule has 1 aromatic rings. The van der Waals surface area contributed by atoms with Crippen LogP contribution in [0.1, 0.15) is 38.2 Å². The smallest absolute Gasteiger partial charge is 0.166 e. The van der Waals surface area contributed by atoms with Gasteiger partial charge >= 0.3 is 0 Å². The summed E-state index contributed by atoms with van der Waals surface area (Å²) in [6.45, 7) is 3.07. The normalized spacial score (nSPS) is 22.3. The number of hydrogen-bond acceptors (Lipinski definition) is 1. The fourth-order valence-corrected chi connectivity index (χ4v) is 2.97. The van der Waals surface area contributed by atoms with Gasteiger partial charge in [-0.15, -0.1) is 0 Å². The van der Waals surface area contributed by atoms with Crippen LogP contribution in [0.15, 0.2) is 24.3 Å². The molecule has 1 aliphatic carbocycles. The van der Waals surface area contributed by atoms with Crippen molar-refractivity contribution < 1.29 is 4.39 Å². The Hall–Kier alpha value is -1.16. The lowest BCUT2D eigenvalue weighted by Gasteiger charge is -2.30. The van der Waals surface area contributed by atoms with Gasteiger partial charge in [0, 0.05) is 12.6 Å². The Morgan fingerprint density at radius 3 is 2.65 bits per heavy atom. The molecule has 2 N–H and O–H groups in total. The Morgan fingerprint density at radius 2 is 1.95 bits per heavy atom. The van der Waals surface area contributed by atoms with Crippen molar-refractivity contribution in [2.75, 3.05) is 6.54 Å². The molecule has 0 amide bonds. The van der Waals surface area contributed by atoms with Gasteiger partial charge in [-0.1, -0.05) is 31.9 Å². The van der Waals surface area contributed by atoms with E-state index in [-0.39, 0.29) is 5.82 Å². The zero-order valence-electron chi connectivity index (χ0n) is 12.0. The Balaban J connectivity index is 1.68. The van der Waals surface area contributed by atoms with Crippen LogP contribution in [0, 0.1) is 11.7 Å². The summed E-state index contributed by atoms with van der Waals surface area (Å²) in [6.07, 6.45) is 5.98. The number of thiocarbonyl (C=S) groups is 1. The number of benzene rings is 1. The quantitative estimate of drug-likeness (QED) is 0.832. The van der Waals surface area contributed by atoms with Gasteiger partial charge in [0.25, 0.3) is 0 Å². The summed E-state index contributed by atoms with van der Waals surface area (Å²) in [5.74, 6) is 0.505. The summed E-state index contributed by atoms with van der Waals surface area (Å²) < 4.78 is 12.8. The van der Waals surface area contributed by atoms with Crippen molar-refractivity contribution in [1.82, 2.24) is 10.6 Å². The zero-order chi connectivity index (χ0) is 14.4. The maximum absolute atomic E-state index is 12.8. The summed E-state index contributed by atoms with van der Waals surface area (Å²) in [5, 5.41) is 7.41. The SMILES string of the molecule is C[C@@H]1CCCC[C@H]1NC(=S)NCCc1ccc(F)cc1. The third-order valence-corrected chi connectivity index (χ3v) is 4.30. The van der Waals surface area contributed by atoms with Crippen LogP contribution in [-0.2, 0) is 6.42 Å². The molecular formula is C16H23FN2S. The van der Waals surface area contributed by atoms with Crippen molar-refractivity contribution in [2.24, 2.45) is 5.92 Å². The van der Waals surface area contributed by atoms with Crippen LogP contribution >= 0.6 is 12.2 Å². The summed E-state index contributed by atoms with van der Waals surface area (Å²) in [4.78, 5) is 0. The van der Waals surface area contributed by atoms with Crippen molar-refractivity contribution >= 4 is 17.3 Å². The third-order valence-electron chi connectivity index (χ3n) is 4.04. The van der Waals surface area contributed by atoms with Crippen LogP contribution < -0.4 is 10.6 Å². The minimum absolute atomic E-state index is 0.190. The minimum atomic E-state index is -0.190. The molecule has 0 aromatic heterocycles. The Kier molecular flexibility index (Phi) is 5.77. The molecule has 1 fully saturated rings. The molecule has 0 saturated heterocycles.